The van der Waals surface area contributed by atoms with Crippen molar-refractivity contribution in [2.45, 2.75) is 45.1 Å². The largest absolute Gasteiger partial charge is 0.507 e. The predicted octanol–water partition coefficient (Wildman–Crippen LogP) is 2.52. The lowest BCUT2D eigenvalue weighted by Crippen LogP contribution is -2.16. The van der Waals surface area contributed by atoms with Crippen molar-refractivity contribution in [1.82, 2.24) is 0 Å². The molecule has 122 valence electrons. The van der Waals surface area contributed by atoms with Crippen molar-refractivity contribution in [2.24, 2.45) is 0 Å². The molecule has 0 radical (unpaired) electrons. The second-order valence-electron chi connectivity index (χ2n) is 5.86. The van der Waals surface area contributed by atoms with Gasteiger partial charge in [-0.05, 0) is 31.2 Å². The first-order valence-corrected chi connectivity index (χ1v) is 7.71. The number of aliphatic hydroxyl groups is 1. The third-order valence-corrected chi connectivity index (χ3v) is 4.34. The minimum absolute atomic E-state index is 0.00583. The maximum absolute atomic E-state index is 12.3. The topological polar surface area (TPSA) is 108 Å². The summed E-state index contributed by atoms with van der Waals surface area (Å²) in [6, 6.07) is 0.881. The van der Waals surface area contributed by atoms with Gasteiger partial charge in [-0.1, -0.05) is 13.3 Å². The second-order valence-corrected chi connectivity index (χ2v) is 5.86. The van der Waals surface area contributed by atoms with E-state index < -0.39 is 23.3 Å². The Balaban J connectivity index is 2.49. The smallest absolute Gasteiger partial charge is 0.371 e. The maximum Gasteiger partial charge on any atom is 0.371 e. The van der Waals surface area contributed by atoms with Crippen LogP contribution in [0.25, 0.3) is 11.0 Å². The number of phenolic OH excluding ortho intramolecular Hbond substituents is 1. The molecule has 3 N–H and O–H groups in total. The van der Waals surface area contributed by atoms with Crippen molar-refractivity contribution in [3.05, 3.63) is 38.7 Å². The first kappa shape index (κ1) is 15.6. The molecule has 0 amide bonds. The Bertz CT molecular complexity index is 849. The summed E-state index contributed by atoms with van der Waals surface area (Å²) in [6.07, 6.45) is 2.39. The Morgan fingerprint density at radius 1 is 1.43 bits per heavy atom. The lowest BCUT2D eigenvalue weighted by molar-refractivity contribution is 0.0663. The summed E-state index contributed by atoms with van der Waals surface area (Å²) in [4.78, 5) is 23.5. The van der Waals surface area contributed by atoms with Crippen LogP contribution in [0.15, 0.2) is 15.3 Å². The van der Waals surface area contributed by atoms with Gasteiger partial charge in [0.25, 0.3) is 0 Å². The van der Waals surface area contributed by atoms with E-state index >= 15 is 0 Å². The molecule has 0 spiro atoms. The third-order valence-electron chi connectivity index (χ3n) is 4.34. The molecule has 0 saturated carbocycles. The molecule has 0 aliphatic heterocycles. The number of hydrogen-bond acceptors (Lipinski definition) is 5. The number of aliphatic hydroxyl groups excluding tert-OH is 1. The van der Waals surface area contributed by atoms with Crippen LogP contribution in [0.3, 0.4) is 0 Å². The van der Waals surface area contributed by atoms with Gasteiger partial charge in [0.15, 0.2) is 5.43 Å². The quantitative estimate of drug-likeness (QED) is 0.802. The average Bonchev–Trinajstić information content (AvgIpc) is 2.50. The molecular weight excluding hydrogens is 300 g/mol. The van der Waals surface area contributed by atoms with Gasteiger partial charge in [0.05, 0.1) is 6.10 Å². The van der Waals surface area contributed by atoms with E-state index in [0.29, 0.717) is 36.0 Å². The molecule has 6 nitrogen and oxygen atoms in total. The highest BCUT2D eigenvalue weighted by atomic mass is 16.4. The molecule has 1 aromatic heterocycles. The van der Waals surface area contributed by atoms with Crippen LogP contribution >= 0.6 is 0 Å². The van der Waals surface area contributed by atoms with Crippen LogP contribution in [-0.4, -0.2) is 21.3 Å². The fraction of sp³-hybridized carbons (Fsp3) is 0.412. The minimum atomic E-state index is -1.34. The highest BCUT2D eigenvalue weighted by Crippen LogP contribution is 2.42. The molecule has 1 unspecified atom stereocenters. The van der Waals surface area contributed by atoms with Gasteiger partial charge in [-0.15, -0.1) is 0 Å². The van der Waals surface area contributed by atoms with E-state index in [1.54, 1.807) is 0 Å². The molecule has 2 aromatic rings. The molecule has 6 heteroatoms. The molecule has 3 rings (SSSR count). The summed E-state index contributed by atoms with van der Waals surface area (Å²) in [5.41, 5.74) is 1.29. The van der Waals surface area contributed by atoms with Crippen molar-refractivity contribution in [3.8, 4) is 5.75 Å². The zero-order valence-electron chi connectivity index (χ0n) is 12.8. The zero-order chi connectivity index (χ0) is 16.7. The number of rotatable bonds is 3. The van der Waals surface area contributed by atoms with E-state index in [2.05, 4.69) is 0 Å². The van der Waals surface area contributed by atoms with Crippen LogP contribution in [0.5, 0.6) is 5.75 Å². The van der Waals surface area contributed by atoms with Crippen LogP contribution in [-0.2, 0) is 12.8 Å². The standard InChI is InChI=1S/C17H18O6/c1-2-4-9-13-8(5-3-6-10(13)18)15(20)14-11(19)7-12(17(21)22)23-16(9)14/h7,10,18,20H,2-6H2,1H3,(H,21,22). The van der Waals surface area contributed by atoms with E-state index in [9.17, 15) is 19.8 Å². The second kappa shape index (κ2) is 5.70. The number of aromatic hydroxyl groups is 1. The number of aryl methyl sites for hydroxylation is 1. The van der Waals surface area contributed by atoms with Crippen LogP contribution in [0.1, 0.15) is 59.5 Å². The van der Waals surface area contributed by atoms with Crippen LogP contribution in [0.2, 0.25) is 0 Å². The molecule has 0 fully saturated rings. The van der Waals surface area contributed by atoms with Gasteiger partial charge in [-0.2, -0.15) is 0 Å². The van der Waals surface area contributed by atoms with Gasteiger partial charge in [0.1, 0.15) is 16.7 Å². The summed E-state index contributed by atoms with van der Waals surface area (Å²) in [5, 5.41) is 30.0. The number of carboxylic acids is 1. The lowest BCUT2D eigenvalue weighted by Gasteiger charge is -2.26. The highest BCUT2D eigenvalue weighted by Gasteiger charge is 2.29. The molecule has 0 saturated heterocycles. The van der Waals surface area contributed by atoms with Crippen molar-refractivity contribution < 1.29 is 24.5 Å². The third kappa shape index (κ3) is 2.39. The Morgan fingerprint density at radius 2 is 2.17 bits per heavy atom. The average molecular weight is 318 g/mol. The Labute approximate surface area is 132 Å². The molecule has 1 aromatic carbocycles. The van der Waals surface area contributed by atoms with Crippen molar-refractivity contribution in [2.75, 3.05) is 0 Å². The van der Waals surface area contributed by atoms with Crippen LogP contribution in [0.4, 0.5) is 0 Å². The maximum atomic E-state index is 12.3. The van der Waals surface area contributed by atoms with Gasteiger partial charge in [0, 0.05) is 17.2 Å². The van der Waals surface area contributed by atoms with E-state index in [0.717, 1.165) is 18.9 Å². The highest BCUT2D eigenvalue weighted by molar-refractivity contribution is 5.92. The number of carboxylic acid groups (broad SMARTS) is 1. The van der Waals surface area contributed by atoms with E-state index in [4.69, 9.17) is 9.52 Å². The number of aromatic carboxylic acids is 1. The van der Waals surface area contributed by atoms with Gasteiger partial charge in [-0.25, -0.2) is 4.79 Å². The van der Waals surface area contributed by atoms with E-state index in [1.807, 2.05) is 6.92 Å². The van der Waals surface area contributed by atoms with Crippen molar-refractivity contribution in [1.29, 1.82) is 0 Å². The molecule has 0 bridgehead atoms. The molecule has 23 heavy (non-hydrogen) atoms. The summed E-state index contributed by atoms with van der Waals surface area (Å²) in [6.45, 7) is 1.94. The molecule has 1 atom stereocenters. The fourth-order valence-corrected chi connectivity index (χ4v) is 3.39. The molecule has 1 aliphatic carbocycles. The summed E-state index contributed by atoms with van der Waals surface area (Å²) < 4.78 is 5.41. The van der Waals surface area contributed by atoms with Gasteiger partial charge < -0.3 is 19.7 Å². The van der Waals surface area contributed by atoms with Crippen LogP contribution in [0, 0.1) is 0 Å². The van der Waals surface area contributed by atoms with E-state index in [1.165, 1.54) is 0 Å². The normalized spacial score (nSPS) is 17.2. The molecular formula is C17H18O6. The fourth-order valence-electron chi connectivity index (χ4n) is 3.39. The number of hydrogen-bond donors (Lipinski definition) is 3. The first-order chi connectivity index (χ1) is 11.0. The van der Waals surface area contributed by atoms with Gasteiger partial charge in [-0.3, -0.25) is 4.79 Å². The predicted molar refractivity (Wildman–Crippen MR) is 83.0 cm³/mol. The Morgan fingerprint density at radius 3 is 2.83 bits per heavy atom. The lowest BCUT2D eigenvalue weighted by atomic mass is 9.82. The zero-order valence-corrected chi connectivity index (χ0v) is 12.8. The summed E-state index contributed by atoms with van der Waals surface area (Å²) in [5.74, 6) is -2.01. The number of phenols is 1. The number of fused-ring (bicyclic) bond motifs is 2. The summed E-state index contributed by atoms with van der Waals surface area (Å²) in [7, 11) is 0. The summed E-state index contributed by atoms with van der Waals surface area (Å²) >= 11 is 0. The molecule has 1 heterocycles. The van der Waals surface area contributed by atoms with Crippen molar-refractivity contribution >= 4 is 16.9 Å². The first-order valence-electron chi connectivity index (χ1n) is 7.71. The number of carbonyl (C=O) groups is 1. The molecule has 1 aliphatic rings. The minimum Gasteiger partial charge on any atom is -0.507 e. The number of benzene rings is 1. The Hall–Kier alpha value is -2.34. The van der Waals surface area contributed by atoms with Gasteiger partial charge >= 0.3 is 5.97 Å². The van der Waals surface area contributed by atoms with E-state index in [-0.39, 0.29) is 16.7 Å². The Kier molecular flexibility index (Phi) is 3.85. The monoisotopic (exact) mass is 318 g/mol. The van der Waals surface area contributed by atoms with Crippen molar-refractivity contribution in [3.63, 3.8) is 0 Å². The van der Waals surface area contributed by atoms with Crippen LogP contribution < -0.4 is 5.43 Å². The SMILES string of the molecule is CCCc1c2c(c(O)c3c(=O)cc(C(=O)O)oc13)CCCC2O. The van der Waals surface area contributed by atoms with Gasteiger partial charge in [0.2, 0.25) is 5.76 Å².